The van der Waals surface area contributed by atoms with Gasteiger partial charge in [0.1, 0.15) is 18.2 Å². The molecule has 1 aromatic heterocycles. The van der Waals surface area contributed by atoms with Crippen LogP contribution in [0.15, 0.2) is 24.3 Å². The maximum Gasteiger partial charge on any atom is 0.171 e. The average Bonchev–Trinajstić information content (AvgIpc) is 3.05. The highest BCUT2D eigenvalue weighted by Gasteiger charge is 2.22. The van der Waals surface area contributed by atoms with Gasteiger partial charge in [0.25, 0.3) is 0 Å². The zero-order valence-corrected chi connectivity index (χ0v) is 11.7. The second kappa shape index (κ2) is 5.53. The zero-order chi connectivity index (χ0) is 13.9. The number of hydrogen-bond acceptors (Lipinski definition) is 4. The highest BCUT2D eigenvalue weighted by molar-refractivity contribution is 5.43. The molecule has 2 N–H and O–H groups in total. The number of hydrogen-bond donors (Lipinski definition) is 1. The normalized spacial score (nSPS) is 15.7. The molecule has 1 aliphatic carbocycles. The number of aryl methyl sites for hydroxylation is 1. The minimum atomic E-state index is 0.431. The quantitative estimate of drug-likeness (QED) is 0.869. The Morgan fingerprint density at radius 1 is 1.30 bits per heavy atom. The van der Waals surface area contributed by atoms with Crippen molar-refractivity contribution in [2.45, 2.75) is 45.3 Å². The predicted octanol–water partition coefficient (Wildman–Crippen LogP) is 2.86. The molecule has 5 heteroatoms. The van der Waals surface area contributed by atoms with Gasteiger partial charge in [0.15, 0.2) is 5.82 Å². The molecule has 0 saturated heterocycles. The van der Waals surface area contributed by atoms with Gasteiger partial charge in [0.05, 0.1) is 0 Å². The van der Waals surface area contributed by atoms with Crippen LogP contribution in [-0.4, -0.2) is 14.8 Å². The van der Waals surface area contributed by atoms with Gasteiger partial charge in [-0.05, 0) is 31.9 Å². The third-order valence-corrected chi connectivity index (χ3v) is 3.85. The SMILES string of the molecule is Cc1nnc(COc2cccc(N)c2)n1C1CCCC1. The summed E-state index contributed by atoms with van der Waals surface area (Å²) in [5.41, 5.74) is 6.45. The molecule has 0 unspecified atom stereocenters. The molecule has 20 heavy (non-hydrogen) atoms. The van der Waals surface area contributed by atoms with Crippen molar-refractivity contribution in [3.63, 3.8) is 0 Å². The van der Waals surface area contributed by atoms with Crippen LogP contribution < -0.4 is 10.5 Å². The number of ether oxygens (including phenoxy) is 1. The van der Waals surface area contributed by atoms with Crippen LogP contribution in [0.2, 0.25) is 0 Å². The van der Waals surface area contributed by atoms with E-state index >= 15 is 0 Å². The molecular formula is C15H20N4O. The van der Waals surface area contributed by atoms with Gasteiger partial charge < -0.3 is 15.0 Å². The Morgan fingerprint density at radius 2 is 2.10 bits per heavy atom. The topological polar surface area (TPSA) is 66.0 Å². The van der Waals surface area contributed by atoms with E-state index in [2.05, 4.69) is 14.8 Å². The van der Waals surface area contributed by atoms with Crippen molar-refractivity contribution < 1.29 is 4.74 Å². The van der Waals surface area contributed by atoms with E-state index in [9.17, 15) is 0 Å². The Balaban J connectivity index is 1.74. The summed E-state index contributed by atoms with van der Waals surface area (Å²) in [6.45, 7) is 2.44. The smallest absolute Gasteiger partial charge is 0.171 e. The molecule has 1 aliphatic rings. The summed E-state index contributed by atoms with van der Waals surface area (Å²) in [7, 11) is 0. The van der Waals surface area contributed by atoms with E-state index in [1.165, 1.54) is 25.7 Å². The van der Waals surface area contributed by atoms with E-state index < -0.39 is 0 Å². The van der Waals surface area contributed by atoms with Crippen LogP contribution in [-0.2, 0) is 6.61 Å². The standard InChI is InChI=1S/C15H20N4O/c1-11-17-18-15(19(11)13-6-2-3-7-13)10-20-14-8-4-5-12(16)9-14/h4-5,8-9,13H,2-3,6-7,10,16H2,1H3. The van der Waals surface area contributed by atoms with Crippen LogP contribution >= 0.6 is 0 Å². The lowest BCUT2D eigenvalue weighted by Crippen LogP contribution is -2.13. The van der Waals surface area contributed by atoms with Gasteiger partial charge in [-0.25, -0.2) is 0 Å². The summed E-state index contributed by atoms with van der Waals surface area (Å²) in [5.74, 6) is 2.64. The molecule has 1 heterocycles. The first-order valence-corrected chi connectivity index (χ1v) is 7.13. The van der Waals surface area contributed by atoms with Gasteiger partial charge in [-0.1, -0.05) is 18.9 Å². The van der Waals surface area contributed by atoms with Crippen molar-refractivity contribution in [1.82, 2.24) is 14.8 Å². The van der Waals surface area contributed by atoms with E-state index in [0.717, 1.165) is 17.4 Å². The third-order valence-electron chi connectivity index (χ3n) is 3.85. The molecule has 2 aromatic rings. The Hall–Kier alpha value is -2.04. The highest BCUT2D eigenvalue weighted by atomic mass is 16.5. The molecule has 0 atom stereocenters. The van der Waals surface area contributed by atoms with E-state index in [1.807, 2.05) is 31.2 Å². The molecule has 106 valence electrons. The van der Waals surface area contributed by atoms with Crippen LogP contribution in [0.5, 0.6) is 5.75 Å². The van der Waals surface area contributed by atoms with Crippen LogP contribution in [0.4, 0.5) is 5.69 Å². The number of benzene rings is 1. The maximum atomic E-state index is 5.78. The number of nitrogens with two attached hydrogens (primary N) is 1. The second-order valence-corrected chi connectivity index (χ2v) is 5.33. The molecule has 1 aromatic carbocycles. The minimum absolute atomic E-state index is 0.431. The number of anilines is 1. The van der Waals surface area contributed by atoms with Gasteiger partial charge >= 0.3 is 0 Å². The minimum Gasteiger partial charge on any atom is -0.486 e. The average molecular weight is 272 g/mol. The van der Waals surface area contributed by atoms with E-state index in [-0.39, 0.29) is 0 Å². The van der Waals surface area contributed by atoms with Gasteiger partial charge in [-0.2, -0.15) is 0 Å². The van der Waals surface area contributed by atoms with Crippen LogP contribution in [0.1, 0.15) is 43.4 Å². The van der Waals surface area contributed by atoms with Gasteiger partial charge in [0.2, 0.25) is 0 Å². The first-order valence-electron chi connectivity index (χ1n) is 7.13. The second-order valence-electron chi connectivity index (χ2n) is 5.33. The maximum absolute atomic E-state index is 5.78. The summed E-state index contributed by atoms with van der Waals surface area (Å²) in [6.07, 6.45) is 5.00. The van der Waals surface area contributed by atoms with Gasteiger partial charge in [-0.3, -0.25) is 0 Å². The first kappa shape index (κ1) is 13.0. The van der Waals surface area contributed by atoms with Crippen molar-refractivity contribution in [3.05, 3.63) is 35.9 Å². The summed E-state index contributed by atoms with van der Waals surface area (Å²) >= 11 is 0. The molecule has 0 radical (unpaired) electrons. The van der Waals surface area contributed by atoms with Crippen LogP contribution in [0, 0.1) is 6.92 Å². The fourth-order valence-electron chi connectivity index (χ4n) is 2.90. The molecule has 0 amide bonds. The molecule has 5 nitrogen and oxygen atoms in total. The van der Waals surface area contributed by atoms with E-state index in [4.69, 9.17) is 10.5 Å². The fourth-order valence-corrected chi connectivity index (χ4v) is 2.90. The number of nitrogens with zero attached hydrogens (tertiary/aromatic N) is 3. The lowest BCUT2D eigenvalue weighted by molar-refractivity contribution is 0.283. The summed E-state index contributed by atoms with van der Waals surface area (Å²) in [4.78, 5) is 0. The molecule has 0 aliphatic heterocycles. The van der Waals surface area contributed by atoms with Crippen molar-refractivity contribution in [2.75, 3.05) is 5.73 Å². The summed E-state index contributed by atoms with van der Waals surface area (Å²) in [5, 5.41) is 8.45. The Morgan fingerprint density at radius 3 is 2.85 bits per heavy atom. The van der Waals surface area contributed by atoms with E-state index in [0.29, 0.717) is 18.3 Å². The van der Waals surface area contributed by atoms with E-state index in [1.54, 1.807) is 0 Å². The zero-order valence-electron chi connectivity index (χ0n) is 11.7. The lowest BCUT2D eigenvalue weighted by atomic mass is 10.2. The largest absolute Gasteiger partial charge is 0.486 e. The van der Waals surface area contributed by atoms with Crippen molar-refractivity contribution in [3.8, 4) is 5.75 Å². The van der Waals surface area contributed by atoms with Gasteiger partial charge in [-0.15, -0.1) is 10.2 Å². The molecule has 1 fully saturated rings. The summed E-state index contributed by atoms with van der Waals surface area (Å²) in [6, 6.07) is 7.99. The number of nitrogen functional groups attached to an aromatic ring is 1. The highest BCUT2D eigenvalue weighted by Crippen LogP contribution is 2.31. The molecule has 3 rings (SSSR count). The van der Waals surface area contributed by atoms with Crippen molar-refractivity contribution >= 4 is 5.69 Å². The molecule has 0 spiro atoms. The summed E-state index contributed by atoms with van der Waals surface area (Å²) < 4.78 is 8.02. The predicted molar refractivity (Wildman–Crippen MR) is 77.5 cm³/mol. The number of rotatable bonds is 4. The molecule has 0 bridgehead atoms. The van der Waals surface area contributed by atoms with Crippen LogP contribution in [0.25, 0.3) is 0 Å². The fraction of sp³-hybridized carbons (Fsp3) is 0.467. The Bertz CT molecular complexity index is 587. The van der Waals surface area contributed by atoms with Crippen LogP contribution in [0.3, 0.4) is 0 Å². The monoisotopic (exact) mass is 272 g/mol. The van der Waals surface area contributed by atoms with Crippen molar-refractivity contribution in [2.24, 2.45) is 0 Å². The van der Waals surface area contributed by atoms with Gasteiger partial charge in [0, 0.05) is 17.8 Å². The first-order chi connectivity index (χ1) is 9.74. The molecular weight excluding hydrogens is 252 g/mol. The number of aromatic nitrogens is 3. The molecule has 1 saturated carbocycles. The Kier molecular flexibility index (Phi) is 3.58. The lowest BCUT2D eigenvalue weighted by Gasteiger charge is -2.16. The Labute approximate surface area is 118 Å². The third kappa shape index (κ3) is 2.61. The van der Waals surface area contributed by atoms with Crippen molar-refractivity contribution in [1.29, 1.82) is 0 Å².